The second-order valence-electron chi connectivity index (χ2n) is 6.07. The molecule has 25 heavy (non-hydrogen) atoms. The van der Waals surface area contributed by atoms with Gasteiger partial charge in [-0.05, 0) is 54.4 Å². The molecule has 4 nitrogen and oxygen atoms in total. The Balaban J connectivity index is 2.27. The number of phenolic OH excluding ortho intramolecular Hbond substituents is 1. The minimum atomic E-state index is -0.185. The van der Waals surface area contributed by atoms with Gasteiger partial charge in [-0.25, -0.2) is 0 Å². The molecule has 0 aliphatic heterocycles. The van der Waals surface area contributed by atoms with Gasteiger partial charge >= 0.3 is 0 Å². The van der Waals surface area contributed by atoms with Gasteiger partial charge in [-0.3, -0.25) is 0 Å². The van der Waals surface area contributed by atoms with E-state index in [4.69, 9.17) is 34.7 Å². The van der Waals surface area contributed by atoms with E-state index in [0.29, 0.717) is 23.0 Å². The zero-order valence-electron chi connectivity index (χ0n) is 14.0. The minimum absolute atomic E-state index is 0.150. The average Bonchev–Trinajstić information content (AvgIpc) is 2.58. The van der Waals surface area contributed by atoms with E-state index in [1.54, 1.807) is 24.3 Å². The largest absolute Gasteiger partial charge is 0.508 e. The van der Waals surface area contributed by atoms with Crippen LogP contribution in [0.1, 0.15) is 12.5 Å². The Morgan fingerprint density at radius 2 is 1.88 bits per heavy atom. The molecule has 0 aliphatic carbocycles. The van der Waals surface area contributed by atoms with E-state index in [1.807, 2.05) is 31.2 Å². The Labute approximate surface area is 158 Å². The molecule has 0 spiro atoms. The molecule has 0 saturated heterocycles. The Bertz CT molecular complexity index is 732. The molecule has 2 atom stereocenters. The number of nitrogens with one attached hydrogen (secondary N) is 1. The molecular weight excluding hydrogens is 357 g/mol. The summed E-state index contributed by atoms with van der Waals surface area (Å²) in [4.78, 5) is 0. The topological polar surface area (TPSA) is 84.3 Å². The molecule has 0 bridgehead atoms. The first-order chi connectivity index (χ1) is 11.9. The molecular formula is C19H23Cl2N3O. The lowest BCUT2D eigenvalue weighted by molar-refractivity contribution is 0.475. The van der Waals surface area contributed by atoms with Gasteiger partial charge in [0.05, 0.1) is 10.7 Å². The number of benzene rings is 2. The van der Waals surface area contributed by atoms with Crippen LogP contribution in [0.4, 0.5) is 5.69 Å². The fourth-order valence-electron chi connectivity index (χ4n) is 2.30. The van der Waals surface area contributed by atoms with Gasteiger partial charge in [0, 0.05) is 23.2 Å². The maximum atomic E-state index is 9.44. The van der Waals surface area contributed by atoms with Crippen molar-refractivity contribution in [2.24, 2.45) is 17.4 Å². The van der Waals surface area contributed by atoms with Crippen LogP contribution < -0.4 is 16.8 Å². The van der Waals surface area contributed by atoms with E-state index in [1.165, 1.54) is 0 Å². The molecule has 0 heterocycles. The van der Waals surface area contributed by atoms with Crippen LogP contribution in [0.25, 0.3) is 0 Å². The van der Waals surface area contributed by atoms with Gasteiger partial charge in [0.2, 0.25) is 0 Å². The molecule has 134 valence electrons. The molecule has 6 N–H and O–H groups in total. The van der Waals surface area contributed by atoms with Gasteiger partial charge in [0.1, 0.15) is 5.75 Å². The van der Waals surface area contributed by atoms with Crippen molar-refractivity contribution < 1.29 is 5.11 Å². The quantitative estimate of drug-likeness (QED) is 0.581. The summed E-state index contributed by atoms with van der Waals surface area (Å²) >= 11 is 12.2. The summed E-state index contributed by atoms with van der Waals surface area (Å²) in [5.41, 5.74) is 14.6. The SMILES string of the molecule is CC(CN)C(N)/C=C(/Cc1ccc(O)cc1)Nc1ccc(Cl)cc1Cl. The van der Waals surface area contributed by atoms with Crippen LogP contribution in [-0.2, 0) is 6.42 Å². The number of aromatic hydroxyl groups is 1. The summed E-state index contributed by atoms with van der Waals surface area (Å²) in [5, 5.41) is 13.9. The third-order valence-corrected chi connectivity index (χ3v) is 4.53. The van der Waals surface area contributed by atoms with Gasteiger partial charge in [0.25, 0.3) is 0 Å². The van der Waals surface area contributed by atoms with Crippen molar-refractivity contribution in [3.05, 3.63) is 69.8 Å². The van der Waals surface area contributed by atoms with Crippen molar-refractivity contribution in [2.75, 3.05) is 11.9 Å². The highest BCUT2D eigenvalue weighted by Gasteiger charge is 2.12. The van der Waals surface area contributed by atoms with Crippen molar-refractivity contribution in [3.63, 3.8) is 0 Å². The van der Waals surface area contributed by atoms with E-state index in [0.717, 1.165) is 16.9 Å². The number of phenols is 1. The number of hydrogen-bond acceptors (Lipinski definition) is 4. The molecule has 6 heteroatoms. The normalized spacial score (nSPS) is 14.2. The second-order valence-corrected chi connectivity index (χ2v) is 6.92. The third kappa shape index (κ3) is 5.94. The molecule has 0 fully saturated rings. The fraction of sp³-hybridized carbons (Fsp3) is 0.263. The van der Waals surface area contributed by atoms with Gasteiger partial charge in [-0.2, -0.15) is 0 Å². The summed E-state index contributed by atoms with van der Waals surface area (Å²) in [6, 6.07) is 12.2. The lowest BCUT2D eigenvalue weighted by atomic mass is 10.00. The van der Waals surface area contributed by atoms with Crippen LogP contribution >= 0.6 is 23.2 Å². The fourth-order valence-corrected chi connectivity index (χ4v) is 2.75. The molecule has 0 amide bonds. The van der Waals surface area contributed by atoms with Crippen molar-refractivity contribution in [1.82, 2.24) is 0 Å². The Morgan fingerprint density at radius 3 is 2.48 bits per heavy atom. The first-order valence-electron chi connectivity index (χ1n) is 8.05. The molecule has 2 aromatic rings. The molecule has 0 radical (unpaired) electrons. The van der Waals surface area contributed by atoms with Crippen molar-refractivity contribution >= 4 is 28.9 Å². The lowest BCUT2D eigenvalue weighted by Gasteiger charge is -2.19. The molecule has 2 aromatic carbocycles. The molecule has 0 aromatic heterocycles. The average molecular weight is 380 g/mol. The highest BCUT2D eigenvalue weighted by molar-refractivity contribution is 6.36. The monoisotopic (exact) mass is 379 g/mol. The number of nitrogens with two attached hydrogens (primary N) is 2. The minimum Gasteiger partial charge on any atom is -0.508 e. The van der Waals surface area contributed by atoms with Crippen LogP contribution in [0, 0.1) is 5.92 Å². The summed E-state index contributed by atoms with van der Waals surface area (Å²) in [5.74, 6) is 0.383. The van der Waals surface area contributed by atoms with Gasteiger partial charge in [0.15, 0.2) is 0 Å². The molecule has 0 aliphatic rings. The number of halogens is 2. The predicted molar refractivity (Wildman–Crippen MR) is 106 cm³/mol. The lowest BCUT2D eigenvalue weighted by Crippen LogP contribution is -2.32. The van der Waals surface area contributed by atoms with E-state index in [2.05, 4.69) is 5.32 Å². The van der Waals surface area contributed by atoms with E-state index >= 15 is 0 Å². The van der Waals surface area contributed by atoms with Crippen molar-refractivity contribution in [2.45, 2.75) is 19.4 Å². The number of anilines is 1. The Kier molecular flexibility index (Phi) is 7.14. The maximum absolute atomic E-state index is 9.44. The summed E-state index contributed by atoms with van der Waals surface area (Å²) in [6.45, 7) is 2.51. The standard InChI is InChI=1S/C19H23Cl2N3O/c1-12(11-22)18(23)10-15(8-13-2-5-16(25)6-3-13)24-19-7-4-14(20)9-17(19)21/h2-7,9-10,12,18,24-25H,8,11,22-23H2,1H3/b15-10-. The first kappa shape index (κ1) is 19.6. The second kappa shape index (κ2) is 9.11. The van der Waals surface area contributed by atoms with Crippen molar-refractivity contribution in [1.29, 1.82) is 0 Å². The van der Waals surface area contributed by atoms with Crippen LogP contribution in [0.3, 0.4) is 0 Å². The van der Waals surface area contributed by atoms with Crippen LogP contribution in [0.5, 0.6) is 5.75 Å². The summed E-state index contributed by atoms with van der Waals surface area (Å²) in [7, 11) is 0. The van der Waals surface area contributed by atoms with Crippen molar-refractivity contribution in [3.8, 4) is 5.75 Å². The smallest absolute Gasteiger partial charge is 0.115 e. The highest BCUT2D eigenvalue weighted by Crippen LogP contribution is 2.27. The van der Waals surface area contributed by atoms with Crippen LogP contribution in [0.2, 0.25) is 10.0 Å². The number of rotatable bonds is 7. The number of allylic oxidation sites excluding steroid dienone is 1. The molecule has 2 rings (SSSR count). The maximum Gasteiger partial charge on any atom is 0.115 e. The van der Waals surface area contributed by atoms with Gasteiger partial charge in [-0.15, -0.1) is 0 Å². The van der Waals surface area contributed by atoms with E-state index < -0.39 is 0 Å². The van der Waals surface area contributed by atoms with Gasteiger partial charge in [-0.1, -0.05) is 42.3 Å². The highest BCUT2D eigenvalue weighted by atomic mass is 35.5. The zero-order chi connectivity index (χ0) is 18.4. The summed E-state index contributed by atoms with van der Waals surface area (Å²) < 4.78 is 0. The predicted octanol–water partition coefficient (Wildman–Crippen LogP) is 4.16. The Morgan fingerprint density at radius 1 is 1.20 bits per heavy atom. The first-order valence-corrected chi connectivity index (χ1v) is 8.81. The zero-order valence-corrected chi connectivity index (χ0v) is 15.6. The van der Waals surface area contributed by atoms with Crippen LogP contribution in [0.15, 0.2) is 54.2 Å². The van der Waals surface area contributed by atoms with E-state index in [-0.39, 0.29) is 17.7 Å². The summed E-state index contributed by atoms with van der Waals surface area (Å²) in [6.07, 6.45) is 2.58. The third-order valence-electron chi connectivity index (χ3n) is 3.98. The van der Waals surface area contributed by atoms with E-state index in [9.17, 15) is 5.11 Å². The van der Waals surface area contributed by atoms with Gasteiger partial charge < -0.3 is 21.9 Å². The molecule has 0 saturated carbocycles. The number of hydrogen-bond donors (Lipinski definition) is 4. The Hall–Kier alpha value is -1.72. The van der Waals surface area contributed by atoms with Crippen LogP contribution in [-0.4, -0.2) is 17.7 Å². The molecule has 2 unspecified atom stereocenters.